The van der Waals surface area contributed by atoms with Crippen LogP contribution < -0.4 is 19.6 Å². The molecule has 1 atom stereocenters. The minimum absolute atomic E-state index is 0.187. The van der Waals surface area contributed by atoms with E-state index in [-0.39, 0.29) is 12.2 Å². The molecule has 0 radical (unpaired) electrons. The number of thiazole rings is 1. The van der Waals surface area contributed by atoms with Crippen LogP contribution in [0.2, 0.25) is 0 Å². The van der Waals surface area contributed by atoms with E-state index < -0.39 is 12.0 Å². The Balaban J connectivity index is 1.88. The summed E-state index contributed by atoms with van der Waals surface area (Å²) < 4.78 is 13.0. The van der Waals surface area contributed by atoms with E-state index in [4.69, 9.17) is 9.47 Å². The summed E-state index contributed by atoms with van der Waals surface area (Å²) >= 11 is 1.31. The van der Waals surface area contributed by atoms with Crippen molar-refractivity contribution in [2.45, 2.75) is 33.7 Å². The average molecular weight is 463 g/mol. The number of carbonyl (C=O) groups is 1. The second kappa shape index (κ2) is 9.58. The Morgan fingerprint density at radius 2 is 1.76 bits per heavy atom. The predicted octanol–water partition coefficient (Wildman–Crippen LogP) is 3.51. The molecule has 0 amide bonds. The van der Waals surface area contributed by atoms with Crippen LogP contribution in [0.5, 0.6) is 5.75 Å². The molecule has 33 heavy (non-hydrogen) atoms. The van der Waals surface area contributed by atoms with Crippen molar-refractivity contribution >= 4 is 23.4 Å². The minimum atomic E-state index is -0.594. The minimum Gasteiger partial charge on any atom is -0.494 e. The molecule has 0 N–H and O–H groups in total. The first-order valence-electron chi connectivity index (χ1n) is 10.9. The summed E-state index contributed by atoms with van der Waals surface area (Å²) in [5.74, 6) is 0.329. The van der Waals surface area contributed by atoms with E-state index in [9.17, 15) is 9.59 Å². The van der Waals surface area contributed by atoms with Gasteiger partial charge in [0.05, 0.1) is 35.1 Å². The molecule has 0 aliphatic carbocycles. The third kappa shape index (κ3) is 4.54. The van der Waals surface area contributed by atoms with Crippen molar-refractivity contribution in [1.82, 2.24) is 4.57 Å². The highest BCUT2D eigenvalue weighted by Gasteiger charge is 2.33. The molecule has 170 valence electrons. The fourth-order valence-electron chi connectivity index (χ4n) is 3.83. The molecular formula is C26H26N2O4S. The highest BCUT2D eigenvalue weighted by molar-refractivity contribution is 7.07. The van der Waals surface area contributed by atoms with Gasteiger partial charge < -0.3 is 9.47 Å². The molecule has 0 saturated heterocycles. The van der Waals surface area contributed by atoms with Crippen LogP contribution in [0.1, 0.15) is 43.5 Å². The Kier molecular flexibility index (Phi) is 6.60. The molecule has 3 aromatic rings. The number of nitrogens with zero attached hydrogens (tertiary/aromatic N) is 2. The molecule has 0 saturated carbocycles. The smallest absolute Gasteiger partial charge is 0.338 e. The number of aromatic nitrogens is 1. The highest BCUT2D eigenvalue weighted by atomic mass is 32.1. The number of rotatable bonds is 6. The molecule has 7 heteroatoms. The Hall–Kier alpha value is -3.45. The van der Waals surface area contributed by atoms with Crippen LogP contribution in [0.15, 0.2) is 69.6 Å². The topological polar surface area (TPSA) is 69.9 Å². The first-order chi connectivity index (χ1) is 15.9. The number of ether oxygens (including phenoxy) is 2. The zero-order valence-corrected chi connectivity index (χ0v) is 19.9. The van der Waals surface area contributed by atoms with Crippen LogP contribution in [0, 0.1) is 6.92 Å². The summed E-state index contributed by atoms with van der Waals surface area (Å²) in [5.41, 5.74) is 3.59. The van der Waals surface area contributed by atoms with E-state index in [0.717, 1.165) is 22.4 Å². The zero-order chi connectivity index (χ0) is 23.5. The van der Waals surface area contributed by atoms with E-state index in [1.807, 2.05) is 68.5 Å². The maximum absolute atomic E-state index is 13.6. The van der Waals surface area contributed by atoms with Crippen molar-refractivity contribution in [3.63, 3.8) is 0 Å². The van der Waals surface area contributed by atoms with E-state index >= 15 is 0 Å². The highest BCUT2D eigenvalue weighted by Crippen LogP contribution is 2.30. The number of benzene rings is 2. The molecule has 1 aliphatic heterocycles. The SMILES string of the molecule is CCOC(=O)C1=C(C)N=c2sc(=Cc3ccc(OCC)cc3)c(=O)n2C1c1ccc(C)cc1. The summed E-state index contributed by atoms with van der Waals surface area (Å²) in [5, 5.41) is 0. The number of fused-ring (bicyclic) bond motifs is 1. The van der Waals surface area contributed by atoms with E-state index in [2.05, 4.69) is 4.99 Å². The van der Waals surface area contributed by atoms with E-state index in [0.29, 0.717) is 27.2 Å². The van der Waals surface area contributed by atoms with Gasteiger partial charge in [0.25, 0.3) is 5.56 Å². The molecule has 0 fully saturated rings. The molecule has 4 rings (SSSR count). The Morgan fingerprint density at radius 1 is 1.06 bits per heavy atom. The lowest BCUT2D eigenvalue weighted by Gasteiger charge is -2.24. The first-order valence-corrected chi connectivity index (χ1v) is 11.7. The number of carbonyl (C=O) groups excluding carboxylic acids is 1. The van der Waals surface area contributed by atoms with Crippen molar-refractivity contribution in [2.75, 3.05) is 13.2 Å². The van der Waals surface area contributed by atoms with Crippen molar-refractivity contribution in [3.8, 4) is 5.75 Å². The summed E-state index contributed by atoms with van der Waals surface area (Å²) in [6.07, 6.45) is 1.84. The molecule has 2 aromatic carbocycles. The monoisotopic (exact) mass is 462 g/mol. The van der Waals surface area contributed by atoms with Crippen molar-refractivity contribution < 1.29 is 14.3 Å². The van der Waals surface area contributed by atoms with Crippen LogP contribution in [0.4, 0.5) is 0 Å². The van der Waals surface area contributed by atoms with Gasteiger partial charge in [-0.15, -0.1) is 0 Å². The normalized spacial score (nSPS) is 15.8. The fraction of sp³-hybridized carbons (Fsp3) is 0.269. The average Bonchev–Trinajstić information content (AvgIpc) is 3.09. The Morgan fingerprint density at radius 3 is 2.39 bits per heavy atom. The van der Waals surface area contributed by atoms with Crippen LogP contribution >= 0.6 is 11.3 Å². The van der Waals surface area contributed by atoms with Gasteiger partial charge >= 0.3 is 5.97 Å². The van der Waals surface area contributed by atoms with E-state index in [1.165, 1.54) is 11.3 Å². The zero-order valence-electron chi connectivity index (χ0n) is 19.1. The van der Waals surface area contributed by atoms with Crippen LogP contribution in [-0.4, -0.2) is 23.8 Å². The van der Waals surface area contributed by atoms with Crippen LogP contribution in [0.3, 0.4) is 0 Å². The molecule has 6 nitrogen and oxygen atoms in total. The van der Waals surface area contributed by atoms with Gasteiger partial charge in [-0.1, -0.05) is 53.3 Å². The van der Waals surface area contributed by atoms with Gasteiger partial charge in [-0.25, -0.2) is 9.79 Å². The molecule has 1 unspecified atom stereocenters. The predicted molar refractivity (Wildman–Crippen MR) is 129 cm³/mol. The van der Waals surface area contributed by atoms with E-state index in [1.54, 1.807) is 18.4 Å². The molecule has 2 heterocycles. The molecule has 1 aliphatic rings. The van der Waals surface area contributed by atoms with Crippen molar-refractivity contribution in [1.29, 1.82) is 0 Å². The van der Waals surface area contributed by atoms with Gasteiger partial charge in [0.1, 0.15) is 5.75 Å². The van der Waals surface area contributed by atoms with Gasteiger partial charge in [0, 0.05) is 0 Å². The first kappa shape index (κ1) is 22.7. The van der Waals surface area contributed by atoms with Crippen LogP contribution in [0.25, 0.3) is 6.08 Å². The molecule has 0 bridgehead atoms. The maximum atomic E-state index is 13.6. The largest absolute Gasteiger partial charge is 0.494 e. The van der Waals surface area contributed by atoms with Crippen molar-refractivity contribution in [2.24, 2.45) is 4.99 Å². The van der Waals surface area contributed by atoms with Gasteiger partial charge in [-0.2, -0.15) is 0 Å². The standard InChI is InChI=1S/C26H26N2O4S/c1-5-31-20-13-9-18(10-14-20)15-21-24(29)28-23(19-11-7-16(3)8-12-19)22(25(30)32-6-2)17(4)27-26(28)33-21/h7-15,23H,5-6H2,1-4H3. The number of hydrogen-bond acceptors (Lipinski definition) is 6. The third-order valence-electron chi connectivity index (χ3n) is 5.40. The van der Waals surface area contributed by atoms with Gasteiger partial charge in [-0.05, 0) is 57.0 Å². The number of aryl methyl sites for hydroxylation is 1. The van der Waals surface area contributed by atoms with Gasteiger partial charge in [0.2, 0.25) is 0 Å². The number of allylic oxidation sites excluding steroid dienone is 1. The van der Waals surface area contributed by atoms with Gasteiger partial charge in [0.15, 0.2) is 4.80 Å². The molecular weight excluding hydrogens is 436 g/mol. The third-order valence-corrected chi connectivity index (χ3v) is 6.38. The Bertz CT molecular complexity index is 1380. The summed E-state index contributed by atoms with van der Waals surface area (Å²) in [7, 11) is 0. The molecule has 1 aromatic heterocycles. The summed E-state index contributed by atoms with van der Waals surface area (Å²) in [6.45, 7) is 8.33. The van der Waals surface area contributed by atoms with Crippen LogP contribution in [-0.2, 0) is 9.53 Å². The molecule has 0 spiro atoms. The lowest BCUT2D eigenvalue weighted by molar-refractivity contribution is -0.139. The second-order valence-electron chi connectivity index (χ2n) is 7.72. The summed E-state index contributed by atoms with van der Waals surface area (Å²) in [4.78, 5) is 31.6. The van der Waals surface area contributed by atoms with Crippen molar-refractivity contribution in [3.05, 3.63) is 96.2 Å². The fourth-order valence-corrected chi connectivity index (χ4v) is 4.88. The van der Waals surface area contributed by atoms with Gasteiger partial charge in [-0.3, -0.25) is 9.36 Å². The number of esters is 1. The lowest BCUT2D eigenvalue weighted by atomic mass is 9.95. The summed E-state index contributed by atoms with van der Waals surface area (Å²) in [6, 6.07) is 14.8. The maximum Gasteiger partial charge on any atom is 0.338 e. The second-order valence-corrected chi connectivity index (χ2v) is 8.72. The number of hydrogen-bond donors (Lipinski definition) is 0. The lowest BCUT2D eigenvalue weighted by Crippen LogP contribution is -2.39. The quantitative estimate of drug-likeness (QED) is 0.526. The Labute approximate surface area is 196 Å².